The van der Waals surface area contributed by atoms with Crippen LogP contribution in [-0.4, -0.2) is 9.55 Å². The molecule has 3 nitrogen and oxygen atoms in total. The number of aryl methyl sites for hydroxylation is 2. The molecule has 1 heterocycles. The first-order chi connectivity index (χ1) is 6.29. The number of nitrogens with two attached hydrogens (primary N) is 1. The molecule has 1 rings (SSSR count). The van der Waals surface area contributed by atoms with Gasteiger partial charge in [-0.15, -0.1) is 0 Å². The average molecular weight is 181 g/mol. The molecule has 0 radical (unpaired) electrons. The second kappa shape index (κ2) is 4.90. The van der Waals surface area contributed by atoms with Crippen LogP contribution in [0, 0.1) is 0 Å². The van der Waals surface area contributed by atoms with Crippen molar-refractivity contribution in [2.75, 3.05) is 5.73 Å². The third-order valence-electron chi connectivity index (χ3n) is 2.32. The van der Waals surface area contributed by atoms with Crippen LogP contribution in [0.2, 0.25) is 0 Å². The Bertz CT molecular complexity index is 253. The van der Waals surface area contributed by atoms with E-state index in [0.717, 1.165) is 24.5 Å². The monoisotopic (exact) mass is 181 g/mol. The van der Waals surface area contributed by atoms with Gasteiger partial charge in [0.25, 0.3) is 0 Å². The first-order valence-electron chi connectivity index (χ1n) is 5.09. The van der Waals surface area contributed by atoms with Crippen molar-refractivity contribution in [2.24, 2.45) is 0 Å². The normalized spacial score (nSPS) is 10.6. The molecule has 0 amide bonds. The van der Waals surface area contributed by atoms with Crippen LogP contribution >= 0.6 is 0 Å². The highest BCUT2D eigenvalue weighted by Crippen LogP contribution is 2.13. The summed E-state index contributed by atoms with van der Waals surface area (Å²) in [4.78, 5) is 4.30. The van der Waals surface area contributed by atoms with Crippen molar-refractivity contribution in [2.45, 2.75) is 46.1 Å². The van der Waals surface area contributed by atoms with E-state index in [1.165, 1.54) is 19.3 Å². The Balaban J connectivity index is 2.51. The van der Waals surface area contributed by atoms with Crippen LogP contribution in [-0.2, 0) is 13.0 Å². The van der Waals surface area contributed by atoms with Gasteiger partial charge in [0.1, 0.15) is 5.82 Å². The van der Waals surface area contributed by atoms with Gasteiger partial charge >= 0.3 is 0 Å². The zero-order valence-electron chi connectivity index (χ0n) is 8.58. The van der Waals surface area contributed by atoms with E-state index in [0.29, 0.717) is 0 Å². The SMILES string of the molecule is CCCCCc1ncn(CC)c1N. The maximum atomic E-state index is 5.90. The van der Waals surface area contributed by atoms with Crippen LogP contribution in [0.25, 0.3) is 0 Å². The van der Waals surface area contributed by atoms with Crippen LogP contribution in [0.3, 0.4) is 0 Å². The molecule has 0 aliphatic carbocycles. The molecule has 2 N–H and O–H groups in total. The first-order valence-corrected chi connectivity index (χ1v) is 5.09. The van der Waals surface area contributed by atoms with Gasteiger partial charge in [0.15, 0.2) is 0 Å². The summed E-state index contributed by atoms with van der Waals surface area (Å²) in [6.07, 6.45) is 6.55. The maximum Gasteiger partial charge on any atom is 0.126 e. The number of unbranched alkanes of at least 4 members (excludes halogenated alkanes) is 2. The number of hydrogen-bond donors (Lipinski definition) is 1. The van der Waals surface area contributed by atoms with Crippen molar-refractivity contribution in [1.82, 2.24) is 9.55 Å². The number of aromatic nitrogens is 2. The summed E-state index contributed by atoms with van der Waals surface area (Å²) in [5.41, 5.74) is 6.96. The van der Waals surface area contributed by atoms with Gasteiger partial charge in [-0.25, -0.2) is 4.98 Å². The molecule has 0 aromatic carbocycles. The van der Waals surface area contributed by atoms with Crippen LogP contribution in [0.15, 0.2) is 6.33 Å². The van der Waals surface area contributed by atoms with Crippen molar-refractivity contribution >= 4 is 5.82 Å². The minimum Gasteiger partial charge on any atom is -0.384 e. The molecule has 0 spiro atoms. The maximum absolute atomic E-state index is 5.90. The summed E-state index contributed by atoms with van der Waals surface area (Å²) in [5, 5.41) is 0. The van der Waals surface area contributed by atoms with E-state index in [1.807, 2.05) is 10.9 Å². The van der Waals surface area contributed by atoms with Crippen molar-refractivity contribution < 1.29 is 0 Å². The van der Waals surface area contributed by atoms with Crippen LogP contribution in [0.4, 0.5) is 5.82 Å². The summed E-state index contributed by atoms with van der Waals surface area (Å²) in [7, 11) is 0. The molecule has 0 atom stereocenters. The third-order valence-corrected chi connectivity index (χ3v) is 2.32. The molecular formula is C10H19N3. The van der Waals surface area contributed by atoms with E-state index >= 15 is 0 Å². The smallest absolute Gasteiger partial charge is 0.126 e. The van der Waals surface area contributed by atoms with Gasteiger partial charge in [-0.1, -0.05) is 19.8 Å². The average Bonchev–Trinajstić information content (AvgIpc) is 2.48. The molecule has 0 unspecified atom stereocenters. The second-order valence-corrected chi connectivity index (χ2v) is 3.32. The van der Waals surface area contributed by atoms with Gasteiger partial charge in [-0.3, -0.25) is 0 Å². The fourth-order valence-corrected chi connectivity index (χ4v) is 1.42. The Labute approximate surface area is 80.0 Å². The van der Waals surface area contributed by atoms with E-state index in [9.17, 15) is 0 Å². The van der Waals surface area contributed by atoms with Crippen LogP contribution in [0.1, 0.15) is 38.8 Å². The predicted octanol–water partition coefficient (Wildman–Crippen LogP) is 2.22. The zero-order chi connectivity index (χ0) is 9.68. The molecule has 0 aliphatic heterocycles. The lowest BCUT2D eigenvalue weighted by Gasteiger charge is -2.01. The number of nitrogen functional groups attached to an aromatic ring is 1. The summed E-state index contributed by atoms with van der Waals surface area (Å²) in [6.45, 7) is 5.19. The Morgan fingerprint density at radius 1 is 1.38 bits per heavy atom. The van der Waals surface area contributed by atoms with E-state index in [1.54, 1.807) is 0 Å². The molecule has 0 saturated heterocycles. The fraction of sp³-hybridized carbons (Fsp3) is 0.700. The molecule has 1 aromatic rings. The standard InChI is InChI=1S/C10H19N3/c1-3-5-6-7-9-10(11)13(4-2)8-12-9/h8H,3-7,11H2,1-2H3. The number of rotatable bonds is 5. The summed E-state index contributed by atoms with van der Waals surface area (Å²) < 4.78 is 1.99. The Morgan fingerprint density at radius 3 is 2.69 bits per heavy atom. The highest BCUT2D eigenvalue weighted by atomic mass is 15.1. The van der Waals surface area contributed by atoms with Gasteiger partial charge in [0.2, 0.25) is 0 Å². The molecule has 3 heteroatoms. The predicted molar refractivity (Wildman–Crippen MR) is 55.5 cm³/mol. The third kappa shape index (κ3) is 2.47. The Hall–Kier alpha value is -0.990. The topological polar surface area (TPSA) is 43.8 Å². The zero-order valence-corrected chi connectivity index (χ0v) is 8.58. The molecule has 1 aromatic heterocycles. The quantitative estimate of drug-likeness (QED) is 0.708. The van der Waals surface area contributed by atoms with Crippen molar-refractivity contribution in [3.05, 3.63) is 12.0 Å². The Kier molecular flexibility index (Phi) is 3.80. The van der Waals surface area contributed by atoms with Gasteiger partial charge in [0, 0.05) is 6.54 Å². The summed E-state index contributed by atoms with van der Waals surface area (Å²) in [6, 6.07) is 0. The van der Waals surface area contributed by atoms with Gasteiger partial charge in [-0.05, 0) is 19.8 Å². The van der Waals surface area contributed by atoms with E-state index < -0.39 is 0 Å². The van der Waals surface area contributed by atoms with Gasteiger partial charge < -0.3 is 10.3 Å². The van der Waals surface area contributed by atoms with E-state index in [4.69, 9.17) is 5.73 Å². The van der Waals surface area contributed by atoms with Crippen LogP contribution < -0.4 is 5.73 Å². The first kappa shape index (κ1) is 10.1. The highest BCUT2D eigenvalue weighted by molar-refractivity contribution is 5.35. The summed E-state index contributed by atoms with van der Waals surface area (Å²) >= 11 is 0. The molecule has 13 heavy (non-hydrogen) atoms. The minimum atomic E-state index is 0.846. The lowest BCUT2D eigenvalue weighted by Crippen LogP contribution is -2.01. The molecule has 0 saturated carbocycles. The number of nitrogens with zero attached hydrogens (tertiary/aromatic N) is 2. The molecule has 0 aliphatic rings. The highest BCUT2D eigenvalue weighted by Gasteiger charge is 2.04. The fourth-order valence-electron chi connectivity index (χ4n) is 1.42. The van der Waals surface area contributed by atoms with Crippen molar-refractivity contribution in [3.8, 4) is 0 Å². The molecule has 0 fully saturated rings. The second-order valence-electron chi connectivity index (χ2n) is 3.32. The molecular weight excluding hydrogens is 162 g/mol. The number of hydrogen-bond acceptors (Lipinski definition) is 2. The summed E-state index contributed by atoms with van der Waals surface area (Å²) in [5.74, 6) is 0.846. The molecule has 74 valence electrons. The van der Waals surface area contributed by atoms with E-state index in [2.05, 4.69) is 18.8 Å². The largest absolute Gasteiger partial charge is 0.384 e. The lowest BCUT2D eigenvalue weighted by atomic mass is 10.1. The molecule has 0 bridgehead atoms. The Morgan fingerprint density at radius 2 is 2.15 bits per heavy atom. The van der Waals surface area contributed by atoms with Crippen molar-refractivity contribution in [1.29, 1.82) is 0 Å². The van der Waals surface area contributed by atoms with E-state index in [-0.39, 0.29) is 0 Å². The van der Waals surface area contributed by atoms with Crippen molar-refractivity contribution in [3.63, 3.8) is 0 Å². The number of imidazole rings is 1. The van der Waals surface area contributed by atoms with Crippen LogP contribution in [0.5, 0.6) is 0 Å². The minimum absolute atomic E-state index is 0.846. The number of anilines is 1. The lowest BCUT2D eigenvalue weighted by molar-refractivity contribution is 0.709. The van der Waals surface area contributed by atoms with Gasteiger partial charge in [0.05, 0.1) is 12.0 Å². The van der Waals surface area contributed by atoms with Gasteiger partial charge in [-0.2, -0.15) is 0 Å².